The number of aliphatic hydroxyl groups excluding tert-OH is 1. The van der Waals surface area contributed by atoms with Gasteiger partial charge in [0.2, 0.25) is 0 Å². The maximum absolute atomic E-state index is 9.14. The van der Waals surface area contributed by atoms with Gasteiger partial charge in [-0.05, 0) is 38.3 Å². The van der Waals surface area contributed by atoms with Gasteiger partial charge in [0.15, 0.2) is 4.77 Å². The molecule has 0 aliphatic carbocycles. The van der Waals surface area contributed by atoms with E-state index in [2.05, 4.69) is 23.7 Å². The molecule has 1 aromatic heterocycles. The Balaban J connectivity index is 2.48. The first-order valence-electron chi connectivity index (χ1n) is 5.83. The first-order chi connectivity index (χ1) is 7.72. The highest BCUT2D eigenvalue weighted by Gasteiger charge is 2.03. The quantitative estimate of drug-likeness (QED) is 0.717. The van der Waals surface area contributed by atoms with Crippen molar-refractivity contribution in [2.45, 2.75) is 33.4 Å². The van der Waals surface area contributed by atoms with Crippen molar-refractivity contribution >= 4 is 12.2 Å². The Labute approximate surface area is 102 Å². The Kier molecular flexibility index (Phi) is 5.73. The molecule has 5 heteroatoms. The molecule has 0 unspecified atom stereocenters. The molecular formula is C11H21N3OS. The minimum absolute atomic E-state index is 0.0401. The van der Waals surface area contributed by atoms with Crippen molar-refractivity contribution < 1.29 is 5.11 Å². The van der Waals surface area contributed by atoms with Crippen molar-refractivity contribution in [2.75, 3.05) is 19.6 Å². The van der Waals surface area contributed by atoms with Crippen molar-refractivity contribution in [3.63, 3.8) is 0 Å². The summed E-state index contributed by atoms with van der Waals surface area (Å²) >= 11 is 5.16. The number of aliphatic hydroxyl groups is 1. The lowest BCUT2D eigenvalue weighted by Crippen LogP contribution is -2.25. The van der Waals surface area contributed by atoms with Crippen LogP contribution in [0.1, 0.15) is 26.0 Å². The van der Waals surface area contributed by atoms with E-state index in [-0.39, 0.29) is 6.61 Å². The van der Waals surface area contributed by atoms with E-state index in [1.165, 1.54) is 0 Å². The Bertz CT molecular complexity index is 354. The monoisotopic (exact) mass is 243 g/mol. The number of aromatic amines is 1. The Morgan fingerprint density at radius 3 is 2.69 bits per heavy atom. The minimum Gasteiger partial charge on any atom is -0.390 e. The zero-order valence-corrected chi connectivity index (χ0v) is 10.9. The highest BCUT2D eigenvalue weighted by molar-refractivity contribution is 7.71. The number of aromatic nitrogens is 2. The van der Waals surface area contributed by atoms with Crippen molar-refractivity contribution in [1.29, 1.82) is 0 Å². The smallest absolute Gasteiger partial charge is 0.177 e. The van der Waals surface area contributed by atoms with E-state index < -0.39 is 0 Å². The van der Waals surface area contributed by atoms with Gasteiger partial charge >= 0.3 is 0 Å². The van der Waals surface area contributed by atoms with Crippen LogP contribution in [0.4, 0.5) is 0 Å². The van der Waals surface area contributed by atoms with Gasteiger partial charge in [-0.3, -0.25) is 0 Å². The Morgan fingerprint density at radius 1 is 1.44 bits per heavy atom. The van der Waals surface area contributed by atoms with Crippen molar-refractivity contribution in [1.82, 2.24) is 14.5 Å². The van der Waals surface area contributed by atoms with Crippen LogP contribution in [0.2, 0.25) is 0 Å². The first kappa shape index (κ1) is 13.4. The second-order valence-corrected chi connectivity index (χ2v) is 4.16. The lowest BCUT2D eigenvalue weighted by atomic mass is 10.3. The lowest BCUT2D eigenvalue weighted by molar-refractivity contribution is 0.264. The van der Waals surface area contributed by atoms with Crippen molar-refractivity contribution in [3.05, 3.63) is 16.7 Å². The molecule has 16 heavy (non-hydrogen) atoms. The van der Waals surface area contributed by atoms with Crippen LogP contribution in [0.5, 0.6) is 0 Å². The second-order valence-electron chi connectivity index (χ2n) is 3.78. The molecule has 1 aromatic rings. The van der Waals surface area contributed by atoms with Crippen LogP contribution < -0.4 is 0 Å². The number of H-pyrrole nitrogens is 1. The maximum Gasteiger partial charge on any atom is 0.177 e. The molecule has 0 aliphatic rings. The van der Waals surface area contributed by atoms with E-state index in [4.69, 9.17) is 17.3 Å². The fourth-order valence-electron chi connectivity index (χ4n) is 1.80. The third kappa shape index (κ3) is 3.43. The SMILES string of the molecule is CCN(CC)CCCn1c(CO)c[nH]c1=S. The van der Waals surface area contributed by atoms with Crippen molar-refractivity contribution in [2.24, 2.45) is 0 Å². The zero-order chi connectivity index (χ0) is 12.0. The van der Waals surface area contributed by atoms with Gasteiger partial charge in [-0.25, -0.2) is 0 Å². The Morgan fingerprint density at radius 2 is 2.12 bits per heavy atom. The fraction of sp³-hybridized carbons (Fsp3) is 0.727. The summed E-state index contributed by atoms with van der Waals surface area (Å²) in [4.78, 5) is 5.34. The molecule has 0 aliphatic heterocycles. The first-order valence-corrected chi connectivity index (χ1v) is 6.24. The van der Waals surface area contributed by atoms with Crippen LogP contribution in [-0.2, 0) is 13.2 Å². The Hall–Kier alpha value is -0.650. The third-order valence-corrected chi connectivity index (χ3v) is 3.20. The molecule has 1 heterocycles. The number of hydrogen-bond donors (Lipinski definition) is 2. The summed E-state index contributed by atoms with van der Waals surface area (Å²) in [5, 5.41) is 9.14. The van der Waals surface area contributed by atoms with Crippen LogP contribution in [0.25, 0.3) is 0 Å². The van der Waals surface area contributed by atoms with Crippen LogP contribution >= 0.6 is 12.2 Å². The summed E-state index contributed by atoms with van der Waals surface area (Å²) in [7, 11) is 0. The predicted molar refractivity (Wildman–Crippen MR) is 67.9 cm³/mol. The van der Waals surface area contributed by atoms with Gasteiger partial charge in [0.05, 0.1) is 12.3 Å². The van der Waals surface area contributed by atoms with E-state index in [1.54, 1.807) is 6.20 Å². The topological polar surface area (TPSA) is 44.2 Å². The van der Waals surface area contributed by atoms with Crippen LogP contribution in [0.15, 0.2) is 6.20 Å². The average molecular weight is 243 g/mol. The van der Waals surface area contributed by atoms with Gasteiger partial charge in [-0.2, -0.15) is 0 Å². The molecule has 0 amide bonds. The number of hydrogen-bond acceptors (Lipinski definition) is 3. The highest BCUT2D eigenvalue weighted by Crippen LogP contribution is 2.03. The van der Waals surface area contributed by atoms with Gasteiger partial charge in [0, 0.05) is 12.7 Å². The van der Waals surface area contributed by atoms with Crippen molar-refractivity contribution in [3.8, 4) is 0 Å². The normalized spacial score (nSPS) is 11.2. The standard InChI is InChI=1S/C11H21N3OS/c1-3-13(4-2)6-5-7-14-10(9-15)8-12-11(14)16/h8,15H,3-7,9H2,1-2H3,(H,12,16). The summed E-state index contributed by atoms with van der Waals surface area (Å²) in [6.07, 6.45) is 2.83. The summed E-state index contributed by atoms with van der Waals surface area (Å²) < 4.78 is 2.67. The number of imidazole rings is 1. The largest absolute Gasteiger partial charge is 0.390 e. The zero-order valence-electron chi connectivity index (χ0n) is 10.1. The summed E-state index contributed by atoms with van der Waals surface area (Å²) in [5.74, 6) is 0. The van der Waals surface area contributed by atoms with Crippen LogP contribution in [0.3, 0.4) is 0 Å². The maximum atomic E-state index is 9.14. The van der Waals surface area contributed by atoms with Gasteiger partial charge in [-0.1, -0.05) is 13.8 Å². The molecule has 0 saturated carbocycles. The molecule has 1 rings (SSSR count). The minimum atomic E-state index is 0.0401. The third-order valence-electron chi connectivity index (χ3n) is 2.87. The number of nitrogens with one attached hydrogen (secondary N) is 1. The van der Waals surface area contributed by atoms with Gasteiger partial charge in [0.25, 0.3) is 0 Å². The fourth-order valence-corrected chi connectivity index (χ4v) is 2.07. The van der Waals surface area contributed by atoms with Crippen LogP contribution in [0, 0.1) is 4.77 Å². The molecule has 0 spiro atoms. The van der Waals surface area contributed by atoms with Crippen LogP contribution in [-0.4, -0.2) is 39.2 Å². The second kappa shape index (κ2) is 6.83. The van der Waals surface area contributed by atoms with Gasteiger partial charge in [-0.15, -0.1) is 0 Å². The molecule has 0 fully saturated rings. The van der Waals surface area contributed by atoms with Gasteiger partial charge < -0.3 is 19.6 Å². The molecule has 4 nitrogen and oxygen atoms in total. The average Bonchev–Trinajstić information content (AvgIpc) is 2.66. The molecule has 0 bridgehead atoms. The predicted octanol–water partition coefficient (Wildman–Crippen LogP) is 1.77. The van der Waals surface area contributed by atoms with E-state index in [0.29, 0.717) is 4.77 Å². The van der Waals surface area contributed by atoms with Gasteiger partial charge in [0.1, 0.15) is 0 Å². The van der Waals surface area contributed by atoms with E-state index >= 15 is 0 Å². The molecule has 0 radical (unpaired) electrons. The molecule has 2 N–H and O–H groups in total. The van der Waals surface area contributed by atoms with E-state index in [9.17, 15) is 0 Å². The summed E-state index contributed by atoms with van der Waals surface area (Å²) in [6, 6.07) is 0. The number of rotatable bonds is 7. The molecule has 0 saturated heterocycles. The summed E-state index contributed by atoms with van der Waals surface area (Å²) in [5.41, 5.74) is 0.865. The molecule has 0 atom stereocenters. The lowest BCUT2D eigenvalue weighted by Gasteiger charge is -2.18. The van der Waals surface area contributed by atoms with E-state index in [1.807, 2.05) is 4.57 Å². The summed E-state index contributed by atoms with van der Waals surface area (Å²) in [6.45, 7) is 8.50. The highest BCUT2D eigenvalue weighted by atomic mass is 32.1. The molecule has 92 valence electrons. The molecular weight excluding hydrogens is 222 g/mol. The number of nitrogens with zero attached hydrogens (tertiary/aromatic N) is 2. The van der Waals surface area contributed by atoms with E-state index in [0.717, 1.165) is 38.3 Å². The molecule has 0 aromatic carbocycles.